The number of benzene rings is 2. The number of nitrogens with zero attached hydrogens (tertiary/aromatic N) is 1. The summed E-state index contributed by atoms with van der Waals surface area (Å²) in [6.45, 7) is 0. The van der Waals surface area contributed by atoms with Crippen LogP contribution < -0.4 is 5.32 Å². The topological polar surface area (TPSA) is 45.2 Å². The quantitative estimate of drug-likeness (QED) is 0.755. The summed E-state index contributed by atoms with van der Waals surface area (Å²) in [5.74, 6) is 0. The summed E-state index contributed by atoms with van der Waals surface area (Å²) in [5.41, 5.74) is 4.01. The average molecular weight is 276 g/mol. The average Bonchev–Trinajstić information content (AvgIpc) is 2.97. The van der Waals surface area contributed by atoms with Gasteiger partial charge in [0.2, 0.25) is 0 Å². The summed E-state index contributed by atoms with van der Waals surface area (Å²) in [6.07, 6.45) is 0.216. The fourth-order valence-electron chi connectivity index (χ4n) is 2.97. The molecule has 0 fully saturated rings. The predicted octanol–water partition coefficient (Wildman–Crippen LogP) is 3.31. The molecule has 104 valence electrons. The van der Waals surface area contributed by atoms with Crippen LogP contribution in [0.1, 0.15) is 17.4 Å². The van der Waals surface area contributed by atoms with Crippen LogP contribution in [-0.4, -0.2) is 16.1 Å². The fourth-order valence-corrected chi connectivity index (χ4v) is 2.97. The highest BCUT2D eigenvalue weighted by molar-refractivity contribution is 5.78. The minimum absolute atomic E-state index is 0.0175. The van der Waals surface area contributed by atoms with Gasteiger partial charge in [0.05, 0.1) is 17.3 Å². The van der Waals surface area contributed by atoms with E-state index in [1.807, 2.05) is 48.5 Å². The third kappa shape index (κ3) is 2.16. The summed E-state index contributed by atoms with van der Waals surface area (Å²) < 4.78 is 0. The molecule has 2 atom stereocenters. The Hall–Kier alpha value is -2.39. The van der Waals surface area contributed by atoms with E-state index in [0.29, 0.717) is 0 Å². The first-order valence-electron chi connectivity index (χ1n) is 7.19. The number of pyridine rings is 1. The first kappa shape index (κ1) is 12.4. The molecule has 2 heterocycles. The van der Waals surface area contributed by atoms with E-state index in [0.717, 1.165) is 28.7 Å². The summed E-state index contributed by atoms with van der Waals surface area (Å²) in [4.78, 5) is 4.59. The maximum atomic E-state index is 10.6. The van der Waals surface area contributed by atoms with Gasteiger partial charge in [-0.2, -0.15) is 0 Å². The van der Waals surface area contributed by atoms with Gasteiger partial charge in [0.25, 0.3) is 0 Å². The van der Waals surface area contributed by atoms with Crippen molar-refractivity contribution in [1.82, 2.24) is 4.98 Å². The van der Waals surface area contributed by atoms with Crippen molar-refractivity contribution in [2.45, 2.75) is 18.6 Å². The Morgan fingerprint density at radius 3 is 2.71 bits per heavy atom. The number of aromatic nitrogens is 1. The van der Waals surface area contributed by atoms with Gasteiger partial charge < -0.3 is 10.4 Å². The molecular formula is C18H16N2O. The first-order valence-corrected chi connectivity index (χ1v) is 7.19. The normalized spacial score (nSPS) is 18.2. The molecule has 2 aromatic carbocycles. The molecule has 1 aliphatic heterocycles. The van der Waals surface area contributed by atoms with Crippen LogP contribution in [0.25, 0.3) is 10.9 Å². The molecule has 0 saturated heterocycles. The number of anilines is 1. The molecule has 0 bridgehead atoms. The Morgan fingerprint density at radius 1 is 1.00 bits per heavy atom. The van der Waals surface area contributed by atoms with E-state index >= 15 is 0 Å². The van der Waals surface area contributed by atoms with Gasteiger partial charge in [-0.1, -0.05) is 42.5 Å². The van der Waals surface area contributed by atoms with Crippen LogP contribution in [0.15, 0.2) is 60.7 Å². The summed E-state index contributed by atoms with van der Waals surface area (Å²) in [5, 5.41) is 15.1. The molecular weight excluding hydrogens is 260 g/mol. The Bertz CT molecular complexity index is 775. The maximum Gasteiger partial charge on any atom is 0.116 e. The van der Waals surface area contributed by atoms with Gasteiger partial charge in [-0.05, 0) is 30.2 Å². The summed E-state index contributed by atoms with van der Waals surface area (Å²) in [6, 6.07) is 20.1. The van der Waals surface area contributed by atoms with Crippen LogP contribution in [0.2, 0.25) is 0 Å². The Kier molecular flexibility index (Phi) is 2.86. The smallest absolute Gasteiger partial charge is 0.116 e. The standard InChI is InChI=1S/C18H16N2O/c21-18(17-11-13-6-2-4-8-15(13)20-17)16-10-9-12-5-1-3-7-14(12)19-16/h1-10,17-18,20-21H,11H2. The second-order valence-corrected chi connectivity index (χ2v) is 5.49. The summed E-state index contributed by atoms with van der Waals surface area (Å²) in [7, 11) is 0. The minimum Gasteiger partial charge on any atom is -0.385 e. The van der Waals surface area contributed by atoms with Crippen molar-refractivity contribution in [1.29, 1.82) is 0 Å². The van der Waals surface area contributed by atoms with Crippen molar-refractivity contribution in [3.05, 3.63) is 71.9 Å². The molecule has 4 rings (SSSR count). The van der Waals surface area contributed by atoms with Crippen molar-refractivity contribution in [3.63, 3.8) is 0 Å². The fraction of sp³-hybridized carbons (Fsp3) is 0.167. The van der Waals surface area contributed by atoms with Crippen molar-refractivity contribution >= 4 is 16.6 Å². The second kappa shape index (κ2) is 4.86. The van der Waals surface area contributed by atoms with Gasteiger partial charge in [-0.15, -0.1) is 0 Å². The van der Waals surface area contributed by atoms with Gasteiger partial charge in [0, 0.05) is 11.1 Å². The zero-order chi connectivity index (χ0) is 14.2. The molecule has 1 aromatic heterocycles. The van der Waals surface area contributed by atoms with Crippen LogP contribution in [-0.2, 0) is 6.42 Å². The van der Waals surface area contributed by atoms with E-state index in [-0.39, 0.29) is 6.04 Å². The van der Waals surface area contributed by atoms with Gasteiger partial charge in [0.15, 0.2) is 0 Å². The number of hydrogen-bond donors (Lipinski definition) is 2. The lowest BCUT2D eigenvalue weighted by Gasteiger charge is -2.18. The molecule has 0 spiro atoms. The van der Waals surface area contributed by atoms with Crippen LogP contribution in [0.5, 0.6) is 0 Å². The second-order valence-electron chi connectivity index (χ2n) is 5.49. The van der Waals surface area contributed by atoms with Gasteiger partial charge >= 0.3 is 0 Å². The SMILES string of the molecule is OC(c1ccc2ccccc2n1)C1Cc2ccccc2N1. The number of rotatable bonds is 2. The van der Waals surface area contributed by atoms with Gasteiger partial charge in [-0.3, -0.25) is 0 Å². The highest BCUT2D eigenvalue weighted by Crippen LogP contribution is 2.31. The molecule has 0 saturated carbocycles. The molecule has 3 aromatic rings. The minimum atomic E-state index is -0.609. The summed E-state index contributed by atoms with van der Waals surface area (Å²) >= 11 is 0. The molecule has 21 heavy (non-hydrogen) atoms. The van der Waals surface area contributed by atoms with Crippen molar-refractivity contribution in [2.75, 3.05) is 5.32 Å². The maximum absolute atomic E-state index is 10.6. The molecule has 3 nitrogen and oxygen atoms in total. The third-order valence-corrected chi connectivity index (χ3v) is 4.10. The zero-order valence-electron chi connectivity index (χ0n) is 11.5. The number of fused-ring (bicyclic) bond motifs is 2. The highest BCUT2D eigenvalue weighted by atomic mass is 16.3. The van der Waals surface area contributed by atoms with E-state index in [1.165, 1.54) is 5.56 Å². The van der Waals surface area contributed by atoms with Crippen LogP contribution in [0, 0.1) is 0 Å². The van der Waals surface area contributed by atoms with Gasteiger partial charge in [-0.25, -0.2) is 4.98 Å². The number of aliphatic hydroxyl groups is 1. The Morgan fingerprint density at radius 2 is 1.81 bits per heavy atom. The highest BCUT2D eigenvalue weighted by Gasteiger charge is 2.28. The Balaban J connectivity index is 1.64. The van der Waals surface area contributed by atoms with Gasteiger partial charge in [0.1, 0.15) is 6.10 Å². The lowest BCUT2D eigenvalue weighted by atomic mass is 10.0. The molecule has 0 aliphatic carbocycles. The van der Waals surface area contributed by atoms with Crippen LogP contribution >= 0.6 is 0 Å². The molecule has 0 amide bonds. The lowest BCUT2D eigenvalue weighted by molar-refractivity contribution is 0.152. The molecule has 0 radical (unpaired) electrons. The molecule has 2 N–H and O–H groups in total. The number of para-hydroxylation sites is 2. The van der Waals surface area contributed by atoms with E-state index in [4.69, 9.17) is 0 Å². The van der Waals surface area contributed by atoms with E-state index in [9.17, 15) is 5.11 Å². The number of hydrogen-bond acceptors (Lipinski definition) is 3. The zero-order valence-corrected chi connectivity index (χ0v) is 11.5. The largest absolute Gasteiger partial charge is 0.385 e. The molecule has 2 unspecified atom stereocenters. The predicted molar refractivity (Wildman–Crippen MR) is 84.3 cm³/mol. The monoisotopic (exact) mass is 276 g/mol. The van der Waals surface area contributed by atoms with E-state index in [2.05, 4.69) is 22.4 Å². The third-order valence-electron chi connectivity index (χ3n) is 4.10. The van der Waals surface area contributed by atoms with Crippen LogP contribution in [0.4, 0.5) is 5.69 Å². The molecule has 1 aliphatic rings. The van der Waals surface area contributed by atoms with Crippen LogP contribution in [0.3, 0.4) is 0 Å². The van der Waals surface area contributed by atoms with E-state index < -0.39 is 6.10 Å². The van der Waals surface area contributed by atoms with Crippen molar-refractivity contribution in [2.24, 2.45) is 0 Å². The van der Waals surface area contributed by atoms with E-state index in [1.54, 1.807) is 0 Å². The first-order chi connectivity index (χ1) is 10.3. The number of nitrogens with one attached hydrogen (secondary N) is 1. The lowest BCUT2D eigenvalue weighted by Crippen LogP contribution is -2.25. The van der Waals surface area contributed by atoms with Crippen molar-refractivity contribution < 1.29 is 5.11 Å². The molecule has 3 heteroatoms. The number of aliphatic hydroxyl groups excluding tert-OH is 1. The Labute approximate surface area is 123 Å². The van der Waals surface area contributed by atoms with Crippen molar-refractivity contribution in [3.8, 4) is 0 Å².